The van der Waals surface area contributed by atoms with Gasteiger partial charge in [0.25, 0.3) is 0 Å². The number of hydrogen-bond donors (Lipinski definition) is 2. The van der Waals surface area contributed by atoms with Crippen LogP contribution in [0.25, 0.3) is 23.8 Å². The second-order valence-electron chi connectivity index (χ2n) is 23.6. The van der Waals surface area contributed by atoms with Gasteiger partial charge in [0.2, 0.25) is 0 Å². The third kappa shape index (κ3) is 21.0. The van der Waals surface area contributed by atoms with Gasteiger partial charge in [-0.3, -0.25) is 14.4 Å². The first-order chi connectivity index (χ1) is 46.8. The lowest BCUT2D eigenvalue weighted by Crippen LogP contribution is -2.28. The Hall–Kier alpha value is -10.5. The number of carbonyl (C=O) groups is 3. The largest absolute Gasteiger partial charge is 0.534 e. The van der Waals surface area contributed by atoms with E-state index in [0.717, 1.165) is 125 Å². The van der Waals surface area contributed by atoms with Crippen molar-refractivity contribution in [2.45, 2.75) is 107 Å². The van der Waals surface area contributed by atoms with Crippen molar-refractivity contribution in [1.82, 2.24) is 0 Å². The van der Waals surface area contributed by atoms with E-state index in [-0.39, 0.29) is 55.3 Å². The van der Waals surface area contributed by atoms with Gasteiger partial charge in [-0.05, 0) is 234 Å². The highest BCUT2D eigenvalue weighted by Gasteiger charge is 2.48. The van der Waals surface area contributed by atoms with Gasteiger partial charge in [-0.25, -0.2) is 0 Å². The van der Waals surface area contributed by atoms with Crippen molar-refractivity contribution >= 4 is 51.8 Å². The Kier molecular flexibility index (Phi) is 25.0. The van der Waals surface area contributed by atoms with Crippen molar-refractivity contribution < 1.29 is 69.3 Å². The summed E-state index contributed by atoms with van der Waals surface area (Å²) in [6.07, 6.45) is 14.7. The molecule has 0 spiro atoms. The molecular formula is C81H77F3O12S. The molecule has 0 bridgehead atoms. The number of alkyl halides is 3. The Morgan fingerprint density at radius 2 is 0.845 bits per heavy atom. The van der Waals surface area contributed by atoms with E-state index in [4.69, 9.17) is 24.1 Å². The van der Waals surface area contributed by atoms with Gasteiger partial charge < -0.3 is 33.3 Å². The van der Waals surface area contributed by atoms with Crippen LogP contribution in [0.4, 0.5) is 13.2 Å². The minimum absolute atomic E-state index is 0.0962. The predicted molar refractivity (Wildman–Crippen MR) is 374 cm³/mol. The van der Waals surface area contributed by atoms with Crippen LogP contribution in [0.1, 0.15) is 144 Å². The maximum Gasteiger partial charge on any atom is 0.534 e. The minimum atomic E-state index is -5.69. The normalized spacial score (nSPS) is 15.2. The molecule has 3 aliphatic carbocycles. The summed E-state index contributed by atoms with van der Waals surface area (Å²) in [5.74, 6) is 2.92. The van der Waals surface area contributed by atoms with Crippen LogP contribution in [-0.4, -0.2) is 48.7 Å². The maximum absolute atomic E-state index is 12.4. The van der Waals surface area contributed by atoms with E-state index in [9.17, 15) is 41.1 Å². The zero-order chi connectivity index (χ0) is 68.7. The summed E-state index contributed by atoms with van der Waals surface area (Å²) in [5, 5.41) is 18.3. The van der Waals surface area contributed by atoms with Crippen LogP contribution in [-0.2, 0) is 48.5 Å². The molecule has 2 N–H and O–H groups in total. The molecule has 3 unspecified atom stereocenters. The molecule has 12 nitrogen and oxygen atoms in total. The van der Waals surface area contributed by atoms with Crippen LogP contribution in [0.15, 0.2) is 232 Å². The number of carbonyl (C=O) groups excluding carboxylic acids is 1. The van der Waals surface area contributed by atoms with Crippen LogP contribution in [0, 0.1) is 0 Å². The van der Waals surface area contributed by atoms with Crippen LogP contribution in [0.5, 0.6) is 40.2 Å². The number of hydrogen-bond acceptors (Lipinski definition) is 10. The molecule has 0 radical (unpaired) electrons. The lowest BCUT2D eigenvalue weighted by molar-refractivity contribution is -0.143. The predicted octanol–water partition coefficient (Wildman–Crippen LogP) is 20.4. The van der Waals surface area contributed by atoms with Gasteiger partial charge in [0.15, 0.2) is 0 Å². The van der Waals surface area contributed by atoms with Crippen molar-refractivity contribution in [3.05, 3.63) is 293 Å². The number of aryl methyl sites for hydroxylation is 3. The summed E-state index contributed by atoms with van der Waals surface area (Å²) in [4.78, 5) is 33.9. The van der Waals surface area contributed by atoms with Crippen molar-refractivity contribution in [3.8, 4) is 40.2 Å². The third-order valence-electron chi connectivity index (χ3n) is 16.7. The van der Waals surface area contributed by atoms with Crippen molar-refractivity contribution in [3.63, 3.8) is 0 Å². The van der Waals surface area contributed by atoms with E-state index in [1.807, 2.05) is 170 Å². The van der Waals surface area contributed by atoms with E-state index < -0.39 is 27.6 Å². The van der Waals surface area contributed by atoms with Crippen molar-refractivity contribution in [1.29, 1.82) is 0 Å². The van der Waals surface area contributed by atoms with Crippen molar-refractivity contribution in [2.24, 2.45) is 0 Å². The van der Waals surface area contributed by atoms with Gasteiger partial charge >= 0.3 is 33.5 Å². The quantitative estimate of drug-likeness (QED) is 0.0321. The molecule has 97 heavy (non-hydrogen) atoms. The summed E-state index contributed by atoms with van der Waals surface area (Å²) < 4.78 is 85.6. The van der Waals surface area contributed by atoms with Gasteiger partial charge in [0, 0.05) is 0 Å². The highest BCUT2D eigenvalue weighted by Crippen LogP contribution is 2.40. The van der Waals surface area contributed by atoms with Gasteiger partial charge in [0.1, 0.15) is 40.2 Å². The summed E-state index contributed by atoms with van der Waals surface area (Å²) in [5.41, 5.74) is 7.37. The lowest BCUT2D eigenvalue weighted by atomic mass is 9.80. The topological polar surface area (TPSA) is 172 Å². The molecule has 12 rings (SSSR count). The van der Waals surface area contributed by atoms with Gasteiger partial charge in [-0.15, -0.1) is 0 Å². The van der Waals surface area contributed by atoms with Gasteiger partial charge in [-0.1, -0.05) is 165 Å². The van der Waals surface area contributed by atoms with E-state index in [0.29, 0.717) is 12.0 Å². The second kappa shape index (κ2) is 34.3. The molecule has 3 aliphatic rings. The number of benzene rings is 9. The molecule has 0 heterocycles. The summed E-state index contributed by atoms with van der Waals surface area (Å²) >= 11 is 0. The smallest absolute Gasteiger partial charge is 0.481 e. The highest BCUT2D eigenvalue weighted by molar-refractivity contribution is 7.88. The van der Waals surface area contributed by atoms with E-state index in [1.165, 1.54) is 40.5 Å². The molecule has 16 heteroatoms. The van der Waals surface area contributed by atoms with E-state index in [2.05, 4.69) is 65.9 Å². The number of carboxylic acid groups (broad SMARTS) is 2. The zero-order valence-corrected chi connectivity index (χ0v) is 54.7. The van der Waals surface area contributed by atoms with Crippen LogP contribution in [0.2, 0.25) is 0 Å². The molecule has 3 atom stereocenters. The fourth-order valence-corrected chi connectivity index (χ4v) is 12.5. The van der Waals surface area contributed by atoms with Crippen LogP contribution in [0.3, 0.4) is 0 Å². The number of ether oxygens (including phenoxy) is 4. The Bertz CT molecular complexity index is 4250. The Balaban J connectivity index is 0.000000155. The molecule has 0 aromatic heterocycles. The van der Waals surface area contributed by atoms with E-state index >= 15 is 0 Å². The Morgan fingerprint density at radius 1 is 0.474 bits per heavy atom. The number of halogens is 3. The number of aliphatic carboxylic acids is 2. The summed E-state index contributed by atoms with van der Waals surface area (Å²) in [6.45, 7) is 9.98. The monoisotopic (exact) mass is 1330 g/mol. The first-order valence-electron chi connectivity index (χ1n) is 32.3. The van der Waals surface area contributed by atoms with Crippen LogP contribution < -0.4 is 18.4 Å². The molecule has 0 saturated carbocycles. The molecule has 9 aromatic rings. The number of carboxylic acids is 2. The fraction of sp³-hybridized carbons (Fsp3) is 0.222. The Labute approximate surface area is 565 Å². The minimum Gasteiger partial charge on any atom is -0.481 e. The first kappa shape index (κ1) is 70.9. The fourth-order valence-electron chi connectivity index (χ4n) is 12.0. The first-order valence-corrected chi connectivity index (χ1v) is 33.7. The summed E-state index contributed by atoms with van der Waals surface area (Å²) in [6, 6.07) is 69.7. The molecule has 0 fully saturated rings. The average molecular weight is 1330 g/mol. The van der Waals surface area contributed by atoms with Gasteiger partial charge in [-0.2, -0.15) is 21.6 Å². The number of rotatable bonds is 20. The standard InChI is InChI=1S/2C26H24O3.C15H17F3O5S.C14H12O/c1-18(19-10-13-24(14-11-19)29-23-8-3-2-4-9-23)20-12-15-25-21(16-20)6-5-7-22(25)17-26(27)28;27-26(28)18-22-6-4-5-21-17-20(13-16-25(21)22)10-9-19-11-14-24(15-12-19)29-23-7-2-1-3-8-23;1-2-22-14(19)9-11-5-3-4-10-8-12(6-7-13(10)11)23-24(20,21)15(16,17)18;1-2-12-8-10-14(11-9-12)15-13-6-4-3-5-7-13/h2-4,8-16,22H,1,5-7,17H2,(H,27,28);1-3,7-17,22H,4-6,18H2,(H,27,28);6-8,11H,2-5,9H2,1H3;2-11H,1H2/b;10-9+;;. The van der Waals surface area contributed by atoms with Crippen molar-refractivity contribution in [2.75, 3.05) is 6.61 Å². The number of para-hydroxylation sites is 3. The lowest BCUT2D eigenvalue weighted by Gasteiger charge is -2.25. The van der Waals surface area contributed by atoms with Crippen LogP contribution >= 0.6 is 0 Å². The highest BCUT2D eigenvalue weighted by atomic mass is 32.2. The third-order valence-corrected chi connectivity index (χ3v) is 17.7. The average Bonchev–Trinajstić information content (AvgIpc) is 0.839. The zero-order valence-electron chi connectivity index (χ0n) is 53.9. The molecule has 500 valence electrons. The molecule has 9 aromatic carbocycles. The molecule has 0 aliphatic heterocycles. The maximum atomic E-state index is 12.4. The molecule has 0 saturated heterocycles. The molecular weight excluding hydrogens is 1250 g/mol. The number of fused-ring (bicyclic) bond motifs is 3. The molecule has 0 amide bonds. The van der Waals surface area contributed by atoms with Gasteiger partial charge in [0.05, 0.1) is 25.9 Å². The summed E-state index contributed by atoms with van der Waals surface area (Å²) in [7, 11) is -5.69. The number of esters is 1. The Morgan fingerprint density at radius 3 is 1.30 bits per heavy atom. The SMILES string of the molecule is C=C(c1ccc(Oc2ccccc2)cc1)c1ccc2c(c1)CCCC2CC(=O)O.C=Cc1ccc(Oc2ccccc2)cc1.CCOC(=O)CC1CCCc2cc(OS(=O)(=O)C(F)(F)F)ccc21.O=C(O)CC1CCCc2cc(/C=C/c3ccc(Oc4ccccc4)cc3)ccc21. The second-order valence-corrected chi connectivity index (χ2v) is 25.1. The van der Waals surface area contributed by atoms with E-state index in [1.54, 1.807) is 6.92 Å².